The first-order valence-electron chi connectivity index (χ1n) is 3.46. The summed E-state index contributed by atoms with van der Waals surface area (Å²) < 4.78 is 0. The number of rotatable bonds is 5. The standard InChI is InChI=1S/C7H13N3O2/c1-5(2)9-4-7(12)10-3-6(8)11/h9H,1,3-4H2,2H3,(H2,8,11)(H,10,12). The summed E-state index contributed by atoms with van der Waals surface area (Å²) in [5.41, 5.74) is 5.50. The zero-order chi connectivity index (χ0) is 9.56. The minimum absolute atomic E-state index is 0.114. The summed E-state index contributed by atoms with van der Waals surface area (Å²) in [5, 5.41) is 5.03. The third kappa shape index (κ3) is 6.60. The van der Waals surface area contributed by atoms with Crippen LogP contribution in [-0.4, -0.2) is 24.9 Å². The van der Waals surface area contributed by atoms with E-state index in [-0.39, 0.29) is 19.0 Å². The largest absolute Gasteiger partial charge is 0.380 e. The van der Waals surface area contributed by atoms with Crippen LogP contribution < -0.4 is 16.4 Å². The number of amides is 2. The monoisotopic (exact) mass is 171 g/mol. The smallest absolute Gasteiger partial charge is 0.239 e. The molecule has 0 aromatic carbocycles. The predicted octanol–water partition coefficient (Wildman–Crippen LogP) is -1.29. The number of hydrogen-bond donors (Lipinski definition) is 3. The molecule has 0 radical (unpaired) electrons. The molecule has 4 N–H and O–H groups in total. The number of nitrogens with two attached hydrogens (primary N) is 1. The van der Waals surface area contributed by atoms with Crippen molar-refractivity contribution in [1.29, 1.82) is 0 Å². The van der Waals surface area contributed by atoms with Crippen LogP contribution in [0.4, 0.5) is 0 Å². The molecule has 0 spiro atoms. The molecule has 0 aromatic rings. The molecule has 68 valence electrons. The fourth-order valence-corrected chi connectivity index (χ4v) is 0.479. The van der Waals surface area contributed by atoms with Gasteiger partial charge in [-0.1, -0.05) is 6.58 Å². The van der Waals surface area contributed by atoms with E-state index in [2.05, 4.69) is 17.2 Å². The van der Waals surface area contributed by atoms with E-state index in [4.69, 9.17) is 5.73 Å². The van der Waals surface area contributed by atoms with E-state index >= 15 is 0 Å². The molecular weight excluding hydrogens is 158 g/mol. The highest BCUT2D eigenvalue weighted by Gasteiger charge is 2.00. The fourth-order valence-electron chi connectivity index (χ4n) is 0.479. The molecule has 0 saturated heterocycles. The van der Waals surface area contributed by atoms with E-state index in [0.29, 0.717) is 5.70 Å². The van der Waals surface area contributed by atoms with Crippen LogP contribution in [0.5, 0.6) is 0 Å². The quantitative estimate of drug-likeness (QED) is 0.481. The molecular formula is C7H13N3O2. The van der Waals surface area contributed by atoms with Gasteiger partial charge in [-0.05, 0) is 6.92 Å². The molecule has 5 nitrogen and oxygen atoms in total. The topological polar surface area (TPSA) is 84.2 Å². The molecule has 2 amide bonds. The highest BCUT2D eigenvalue weighted by Crippen LogP contribution is 1.75. The Morgan fingerprint density at radius 3 is 2.33 bits per heavy atom. The Hall–Kier alpha value is -1.52. The average molecular weight is 171 g/mol. The molecule has 0 aromatic heterocycles. The first-order chi connectivity index (χ1) is 5.52. The fraction of sp³-hybridized carbons (Fsp3) is 0.429. The Bertz CT molecular complexity index is 181. The third-order valence-corrected chi connectivity index (χ3v) is 1.01. The Labute approximate surface area is 71.0 Å². The van der Waals surface area contributed by atoms with E-state index in [9.17, 15) is 9.59 Å². The number of allylic oxidation sites excluding steroid dienone is 1. The number of primary amides is 1. The molecule has 0 rings (SSSR count). The Morgan fingerprint density at radius 1 is 1.33 bits per heavy atom. The second-order valence-corrected chi connectivity index (χ2v) is 2.38. The Kier molecular flexibility index (Phi) is 4.52. The number of hydrogen-bond acceptors (Lipinski definition) is 3. The van der Waals surface area contributed by atoms with Crippen LogP contribution >= 0.6 is 0 Å². The van der Waals surface area contributed by atoms with Crippen molar-refractivity contribution in [3.63, 3.8) is 0 Å². The van der Waals surface area contributed by atoms with Crippen molar-refractivity contribution in [2.24, 2.45) is 5.73 Å². The van der Waals surface area contributed by atoms with Crippen molar-refractivity contribution < 1.29 is 9.59 Å². The first-order valence-corrected chi connectivity index (χ1v) is 3.46. The maximum Gasteiger partial charge on any atom is 0.239 e. The van der Waals surface area contributed by atoms with Gasteiger partial charge >= 0.3 is 0 Å². The maximum absolute atomic E-state index is 10.8. The molecule has 5 heteroatoms. The van der Waals surface area contributed by atoms with Gasteiger partial charge in [0.15, 0.2) is 0 Å². The normalized spacial score (nSPS) is 8.75. The van der Waals surface area contributed by atoms with Gasteiger partial charge in [-0.2, -0.15) is 0 Å². The lowest BCUT2D eigenvalue weighted by molar-refractivity contribution is -0.124. The molecule has 0 aliphatic rings. The van der Waals surface area contributed by atoms with Crippen LogP contribution in [0.3, 0.4) is 0 Å². The van der Waals surface area contributed by atoms with Crippen molar-refractivity contribution in [2.75, 3.05) is 13.1 Å². The number of nitrogens with one attached hydrogen (secondary N) is 2. The van der Waals surface area contributed by atoms with Gasteiger partial charge in [0.2, 0.25) is 11.8 Å². The lowest BCUT2D eigenvalue weighted by atomic mass is 10.5. The van der Waals surface area contributed by atoms with Crippen LogP contribution in [0, 0.1) is 0 Å². The molecule has 12 heavy (non-hydrogen) atoms. The van der Waals surface area contributed by atoms with Crippen molar-refractivity contribution >= 4 is 11.8 Å². The zero-order valence-electron chi connectivity index (χ0n) is 7.02. The number of carbonyl (C=O) groups is 2. The highest BCUT2D eigenvalue weighted by molar-refractivity contribution is 5.84. The van der Waals surface area contributed by atoms with Gasteiger partial charge < -0.3 is 16.4 Å². The van der Waals surface area contributed by atoms with Crippen molar-refractivity contribution in [3.05, 3.63) is 12.3 Å². The third-order valence-electron chi connectivity index (χ3n) is 1.01. The maximum atomic E-state index is 10.8. The molecule has 0 saturated carbocycles. The predicted molar refractivity (Wildman–Crippen MR) is 45.0 cm³/mol. The van der Waals surface area contributed by atoms with Gasteiger partial charge in [-0.15, -0.1) is 0 Å². The van der Waals surface area contributed by atoms with Crippen molar-refractivity contribution in [2.45, 2.75) is 6.92 Å². The summed E-state index contributed by atoms with van der Waals surface area (Å²) in [7, 11) is 0. The minimum Gasteiger partial charge on any atom is -0.380 e. The molecule has 0 heterocycles. The average Bonchev–Trinajstić information content (AvgIpc) is 1.96. The molecule has 0 unspecified atom stereocenters. The second kappa shape index (κ2) is 5.17. The van der Waals surface area contributed by atoms with E-state index in [1.54, 1.807) is 6.92 Å². The summed E-state index contributed by atoms with van der Waals surface area (Å²) in [6.45, 7) is 5.26. The summed E-state index contributed by atoms with van der Waals surface area (Å²) >= 11 is 0. The molecule has 0 aliphatic carbocycles. The van der Waals surface area contributed by atoms with Crippen molar-refractivity contribution in [3.8, 4) is 0 Å². The van der Waals surface area contributed by atoms with Gasteiger partial charge in [0.1, 0.15) is 0 Å². The van der Waals surface area contributed by atoms with Crippen LogP contribution in [0.2, 0.25) is 0 Å². The van der Waals surface area contributed by atoms with E-state index in [0.717, 1.165) is 0 Å². The summed E-state index contributed by atoms with van der Waals surface area (Å²) in [5.74, 6) is -0.838. The van der Waals surface area contributed by atoms with Crippen LogP contribution in [0.1, 0.15) is 6.92 Å². The second-order valence-electron chi connectivity index (χ2n) is 2.38. The highest BCUT2D eigenvalue weighted by atomic mass is 16.2. The lowest BCUT2D eigenvalue weighted by Gasteiger charge is -2.04. The Balaban J connectivity index is 3.47. The van der Waals surface area contributed by atoms with E-state index < -0.39 is 5.91 Å². The van der Waals surface area contributed by atoms with Gasteiger partial charge in [0.05, 0.1) is 13.1 Å². The van der Waals surface area contributed by atoms with E-state index in [1.807, 2.05) is 0 Å². The van der Waals surface area contributed by atoms with Crippen LogP contribution in [0.15, 0.2) is 12.3 Å². The number of carbonyl (C=O) groups excluding carboxylic acids is 2. The van der Waals surface area contributed by atoms with Gasteiger partial charge in [-0.3, -0.25) is 9.59 Å². The molecule has 0 fully saturated rings. The first kappa shape index (κ1) is 10.5. The Morgan fingerprint density at radius 2 is 1.92 bits per heavy atom. The lowest BCUT2D eigenvalue weighted by Crippen LogP contribution is -2.38. The summed E-state index contributed by atoms with van der Waals surface area (Å²) in [6, 6.07) is 0. The SMILES string of the molecule is C=C(C)NCC(=O)NCC(N)=O. The van der Waals surface area contributed by atoms with Crippen molar-refractivity contribution in [1.82, 2.24) is 10.6 Å². The summed E-state index contributed by atoms with van der Waals surface area (Å²) in [6.07, 6.45) is 0. The minimum atomic E-state index is -0.557. The molecule has 0 aliphatic heterocycles. The zero-order valence-corrected chi connectivity index (χ0v) is 7.02. The van der Waals surface area contributed by atoms with E-state index in [1.165, 1.54) is 0 Å². The molecule has 0 atom stereocenters. The van der Waals surface area contributed by atoms with Gasteiger partial charge in [-0.25, -0.2) is 0 Å². The van der Waals surface area contributed by atoms with Gasteiger partial charge in [0, 0.05) is 5.70 Å². The van der Waals surface area contributed by atoms with Crippen LogP contribution in [-0.2, 0) is 9.59 Å². The summed E-state index contributed by atoms with van der Waals surface area (Å²) in [4.78, 5) is 21.0. The van der Waals surface area contributed by atoms with Crippen LogP contribution in [0.25, 0.3) is 0 Å². The van der Waals surface area contributed by atoms with Gasteiger partial charge in [0.25, 0.3) is 0 Å². The molecule has 0 bridgehead atoms.